The number of alkyl halides is 3. The molecule has 0 aliphatic heterocycles. The van der Waals surface area contributed by atoms with Gasteiger partial charge in [0, 0.05) is 6.07 Å². The molecule has 0 bridgehead atoms. The van der Waals surface area contributed by atoms with Crippen LogP contribution in [0.25, 0.3) is 0 Å². The molecule has 0 saturated heterocycles. The lowest BCUT2D eigenvalue weighted by Gasteiger charge is -2.06. The fourth-order valence-electron chi connectivity index (χ4n) is 1.30. The van der Waals surface area contributed by atoms with Crippen LogP contribution in [-0.2, 0) is 6.18 Å². The van der Waals surface area contributed by atoms with Crippen molar-refractivity contribution in [3.8, 4) is 5.75 Å². The molecule has 0 spiro atoms. The Balaban J connectivity index is 2.39. The summed E-state index contributed by atoms with van der Waals surface area (Å²) >= 11 is 0. The van der Waals surface area contributed by atoms with Gasteiger partial charge in [-0.05, 0) is 12.1 Å². The lowest BCUT2D eigenvalue weighted by molar-refractivity contribution is -0.142. The van der Waals surface area contributed by atoms with E-state index in [1.165, 1.54) is 12.1 Å². The standard InChI is InChI=1S/C11H7F3N2O3/c12-11(13,14)9-6-8(10(17)18)16(15-9)19-7-4-2-1-3-5-7/h1-6H,(H,17,18). The molecule has 0 aliphatic carbocycles. The van der Waals surface area contributed by atoms with Gasteiger partial charge >= 0.3 is 12.1 Å². The lowest BCUT2D eigenvalue weighted by Crippen LogP contribution is -2.15. The molecule has 0 atom stereocenters. The summed E-state index contributed by atoms with van der Waals surface area (Å²) in [7, 11) is 0. The first-order valence-electron chi connectivity index (χ1n) is 5.02. The number of nitrogens with zero attached hydrogens (tertiary/aromatic N) is 2. The summed E-state index contributed by atoms with van der Waals surface area (Å²) in [6.07, 6.45) is -4.74. The third-order valence-electron chi connectivity index (χ3n) is 2.12. The van der Waals surface area contributed by atoms with Gasteiger partial charge in [0.2, 0.25) is 0 Å². The predicted octanol–water partition coefficient (Wildman–Crippen LogP) is 2.44. The summed E-state index contributed by atoms with van der Waals surface area (Å²) in [6.45, 7) is 0. The molecule has 2 aromatic rings. The molecule has 0 saturated carbocycles. The average molecular weight is 272 g/mol. The predicted molar refractivity (Wildman–Crippen MR) is 56.7 cm³/mol. The van der Waals surface area contributed by atoms with Crippen LogP contribution in [0, 0.1) is 0 Å². The largest absolute Gasteiger partial charge is 0.476 e. The van der Waals surface area contributed by atoms with E-state index >= 15 is 0 Å². The van der Waals surface area contributed by atoms with Crippen molar-refractivity contribution in [2.24, 2.45) is 0 Å². The molecular formula is C11H7F3N2O3. The van der Waals surface area contributed by atoms with Crippen molar-refractivity contribution in [3.63, 3.8) is 0 Å². The van der Waals surface area contributed by atoms with Crippen LogP contribution in [0.3, 0.4) is 0 Å². The van der Waals surface area contributed by atoms with Gasteiger partial charge in [0.1, 0.15) is 0 Å². The van der Waals surface area contributed by atoms with Crippen molar-refractivity contribution in [1.82, 2.24) is 9.94 Å². The summed E-state index contributed by atoms with van der Waals surface area (Å²) in [5.41, 5.74) is -2.04. The number of carbonyl (C=O) groups is 1. The second kappa shape index (κ2) is 4.63. The van der Waals surface area contributed by atoms with Crippen molar-refractivity contribution in [2.75, 3.05) is 0 Å². The van der Waals surface area contributed by atoms with Gasteiger partial charge in [-0.3, -0.25) is 0 Å². The van der Waals surface area contributed by atoms with E-state index in [9.17, 15) is 18.0 Å². The molecular weight excluding hydrogens is 265 g/mol. The van der Waals surface area contributed by atoms with Gasteiger partial charge in [-0.15, -0.1) is 5.10 Å². The van der Waals surface area contributed by atoms with Gasteiger partial charge in [-0.1, -0.05) is 23.0 Å². The molecule has 0 unspecified atom stereocenters. The van der Waals surface area contributed by atoms with Gasteiger partial charge < -0.3 is 9.94 Å². The van der Waals surface area contributed by atoms with Crippen molar-refractivity contribution < 1.29 is 27.9 Å². The summed E-state index contributed by atoms with van der Waals surface area (Å²) < 4.78 is 37.4. The number of aromatic nitrogens is 2. The maximum absolute atomic E-state index is 12.5. The number of carboxylic acid groups (broad SMARTS) is 1. The van der Waals surface area contributed by atoms with Crippen LogP contribution in [0.5, 0.6) is 5.75 Å². The minimum Gasteiger partial charge on any atom is -0.476 e. The Labute approximate surface area is 104 Å². The number of hydrogen-bond acceptors (Lipinski definition) is 3. The van der Waals surface area contributed by atoms with Gasteiger partial charge in [0.15, 0.2) is 17.1 Å². The second-order valence-corrected chi connectivity index (χ2v) is 3.50. The number of hydrogen-bond donors (Lipinski definition) is 1. The first-order valence-corrected chi connectivity index (χ1v) is 5.02. The van der Waals surface area contributed by atoms with E-state index in [0.29, 0.717) is 10.9 Å². The molecule has 2 rings (SSSR count). The zero-order valence-corrected chi connectivity index (χ0v) is 9.26. The minimum atomic E-state index is -4.74. The maximum Gasteiger partial charge on any atom is 0.435 e. The number of benzene rings is 1. The zero-order valence-electron chi connectivity index (χ0n) is 9.26. The van der Waals surface area contributed by atoms with Crippen LogP contribution >= 0.6 is 0 Å². The van der Waals surface area contributed by atoms with Gasteiger partial charge in [0.25, 0.3) is 0 Å². The Morgan fingerprint density at radius 1 is 1.26 bits per heavy atom. The van der Waals surface area contributed by atoms with Crippen LogP contribution in [0.4, 0.5) is 13.2 Å². The van der Waals surface area contributed by atoms with E-state index in [-0.39, 0.29) is 5.75 Å². The van der Waals surface area contributed by atoms with Crippen molar-refractivity contribution >= 4 is 5.97 Å². The van der Waals surface area contributed by atoms with Crippen LogP contribution in [0.2, 0.25) is 0 Å². The van der Waals surface area contributed by atoms with E-state index in [4.69, 9.17) is 9.94 Å². The van der Waals surface area contributed by atoms with E-state index in [1.807, 2.05) is 0 Å². The Hall–Kier alpha value is -2.51. The van der Waals surface area contributed by atoms with E-state index in [2.05, 4.69) is 5.10 Å². The van der Waals surface area contributed by atoms with Gasteiger partial charge in [-0.2, -0.15) is 13.2 Å². The lowest BCUT2D eigenvalue weighted by atomic mass is 10.3. The number of rotatable bonds is 3. The smallest absolute Gasteiger partial charge is 0.435 e. The van der Waals surface area contributed by atoms with E-state index in [1.54, 1.807) is 18.2 Å². The van der Waals surface area contributed by atoms with Crippen LogP contribution in [-0.4, -0.2) is 21.0 Å². The summed E-state index contributed by atoms with van der Waals surface area (Å²) in [5, 5.41) is 11.9. The van der Waals surface area contributed by atoms with Crippen molar-refractivity contribution in [1.29, 1.82) is 0 Å². The first-order chi connectivity index (χ1) is 8.88. The SMILES string of the molecule is O=C(O)c1cc(C(F)(F)F)nn1Oc1ccccc1. The zero-order chi connectivity index (χ0) is 14.0. The van der Waals surface area contributed by atoms with Crippen molar-refractivity contribution in [2.45, 2.75) is 6.18 Å². The van der Waals surface area contributed by atoms with Gasteiger partial charge in [0.05, 0.1) is 0 Å². The van der Waals surface area contributed by atoms with Gasteiger partial charge in [-0.25, -0.2) is 4.79 Å². The Bertz CT molecular complexity index is 593. The molecule has 0 radical (unpaired) electrons. The molecule has 0 aliphatic rings. The molecule has 8 heteroatoms. The second-order valence-electron chi connectivity index (χ2n) is 3.50. The molecule has 5 nitrogen and oxygen atoms in total. The van der Waals surface area contributed by atoms with E-state index in [0.717, 1.165) is 0 Å². The van der Waals surface area contributed by atoms with Crippen molar-refractivity contribution in [3.05, 3.63) is 47.8 Å². The Morgan fingerprint density at radius 2 is 1.89 bits per heavy atom. The number of halogens is 3. The first kappa shape index (κ1) is 12.9. The molecule has 1 aromatic carbocycles. The molecule has 1 heterocycles. The molecule has 100 valence electrons. The number of para-hydroxylation sites is 1. The highest BCUT2D eigenvalue weighted by Crippen LogP contribution is 2.28. The highest BCUT2D eigenvalue weighted by atomic mass is 19.4. The fourth-order valence-corrected chi connectivity index (χ4v) is 1.30. The third kappa shape index (κ3) is 2.84. The summed E-state index contributed by atoms with van der Waals surface area (Å²) in [5.74, 6) is -1.40. The summed E-state index contributed by atoms with van der Waals surface area (Å²) in [6, 6.07) is 8.18. The highest BCUT2D eigenvalue weighted by Gasteiger charge is 2.36. The quantitative estimate of drug-likeness (QED) is 0.932. The average Bonchev–Trinajstić information content (AvgIpc) is 2.74. The Kier molecular flexibility index (Phi) is 3.16. The normalized spacial score (nSPS) is 11.3. The highest BCUT2D eigenvalue weighted by molar-refractivity contribution is 5.85. The molecule has 0 amide bonds. The topological polar surface area (TPSA) is 64.3 Å². The number of aromatic carboxylic acids is 1. The van der Waals surface area contributed by atoms with Crippen LogP contribution in [0.1, 0.15) is 16.2 Å². The van der Waals surface area contributed by atoms with Crippen LogP contribution < -0.4 is 4.84 Å². The molecule has 0 fully saturated rings. The maximum atomic E-state index is 12.5. The van der Waals surface area contributed by atoms with E-state index < -0.39 is 23.5 Å². The molecule has 1 aromatic heterocycles. The fraction of sp³-hybridized carbons (Fsp3) is 0.0909. The molecule has 1 N–H and O–H groups in total. The third-order valence-corrected chi connectivity index (χ3v) is 2.12. The molecule has 19 heavy (non-hydrogen) atoms. The minimum absolute atomic E-state index is 0.168. The Morgan fingerprint density at radius 3 is 2.42 bits per heavy atom. The monoisotopic (exact) mass is 272 g/mol. The number of carboxylic acids is 1. The van der Waals surface area contributed by atoms with Crippen LogP contribution in [0.15, 0.2) is 36.4 Å². The summed E-state index contributed by atoms with van der Waals surface area (Å²) in [4.78, 5) is 16.1.